The summed E-state index contributed by atoms with van der Waals surface area (Å²) in [5.41, 5.74) is 0.237. The van der Waals surface area contributed by atoms with Gasteiger partial charge in [0.15, 0.2) is 0 Å². The van der Waals surface area contributed by atoms with Crippen molar-refractivity contribution in [1.82, 2.24) is 4.31 Å². The van der Waals surface area contributed by atoms with E-state index in [1.165, 1.54) is 4.31 Å². The van der Waals surface area contributed by atoms with Crippen LogP contribution in [0.1, 0.15) is 18.1 Å². The second-order valence-corrected chi connectivity index (χ2v) is 6.80. The highest BCUT2D eigenvalue weighted by molar-refractivity contribution is 7.88. The minimum atomic E-state index is -3.38. The van der Waals surface area contributed by atoms with Crippen molar-refractivity contribution < 1.29 is 13.5 Å². The molecule has 1 saturated heterocycles. The van der Waals surface area contributed by atoms with Crippen LogP contribution in [0.4, 0.5) is 0 Å². The summed E-state index contributed by atoms with van der Waals surface area (Å²) in [4.78, 5) is 0. The molecule has 1 heterocycles. The highest BCUT2D eigenvalue weighted by Crippen LogP contribution is 2.25. The quantitative estimate of drug-likeness (QED) is 0.861. The highest BCUT2D eigenvalue weighted by atomic mass is 32.2. The number of nitrogens with zero attached hydrogens (tertiary/aromatic N) is 2. The van der Waals surface area contributed by atoms with Crippen molar-refractivity contribution in [3.8, 4) is 6.07 Å². The van der Waals surface area contributed by atoms with E-state index in [9.17, 15) is 13.5 Å². The second kappa shape index (κ2) is 4.35. The molecule has 1 N–H and O–H groups in total. The van der Waals surface area contributed by atoms with Gasteiger partial charge in [-0.2, -0.15) is 9.57 Å². The number of sulfonamides is 1. The molecule has 1 aromatic rings. The molecular formula is C12H14N2O3S. The Morgan fingerprint density at radius 3 is 2.39 bits per heavy atom. The van der Waals surface area contributed by atoms with Crippen LogP contribution in [-0.2, 0) is 15.8 Å². The molecule has 1 fully saturated rings. The monoisotopic (exact) mass is 266 g/mol. The van der Waals surface area contributed by atoms with Crippen LogP contribution in [0.15, 0.2) is 24.3 Å². The molecule has 1 aliphatic rings. The summed E-state index contributed by atoms with van der Waals surface area (Å²) in [6.07, 6.45) is 0. The Kier molecular flexibility index (Phi) is 3.15. The Morgan fingerprint density at radius 2 is 1.94 bits per heavy atom. The van der Waals surface area contributed by atoms with Gasteiger partial charge in [-0.3, -0.25) is 0 Å². The molecule has 2 rings (SSSR count). The number of hydrogen-bond donors (Lipinski definition) is 1. The van der Waals surface area contributed by atoms with Crippen molar-refractivity contribution in [3.05, 3.63) is 35.4 Å². The maximum atomic E-state index is 12.0. The van der Waals surface area contributed by atoms with Crippen LogP contribution in [0.2, 0.25) is 0 Å². The summed E-state index contributed by atoms with van der Waals surface area (Å²) in [5, 5.41) is 18.2. The molecule has 0 aromatic heterocycles. The number of benzene rings is 1. The van der Waals surface area contributed by atoms with Crippen LogP contribution < -0.4 is 0 Å². The Bertz CT molecular complexity index is 577. The lowest BCUT2D eigenvalue weighted by Crippen LogP contribution is -2.61. The van der Waals surface area contributed by atoms with Gasteiger partial charge in [0.25, 0.3) is 0 Å². The third-order valence-electron chi connectivity index (χ3n) is 2.86. The third-order valence-corrected chi connectivity index (χ3v) is 4.60. The summed E-state index contributed by atoms with van der Waals surface area (Å²) in [6.45, 7) is 1.90. The van der Waals surface area contributed by atoms with Crippen LogP contribution >= 0.6 is 0 Å². The van der Waals surface area contributed by atoms with E-state index in [1.807, 2.05) is 6.07 Å². The van der Waals surface area contributed by atoms with Gasteiger partial charge >= 0.3 is 0 Å². The Hall–Kier alpha value is -1.42. The van der Waals surface area contributed by atoms with Crippen LogP contribution in [-0.4, -0.2) is 36.5 Å². The maximum absolute atomic E-state index is 12.0. The fourth-order valence-electron chi connectivity index (χ4n) is 1.89. The first-order valence-electron chi connectivity index (χ1n) is 5.52. The molecule has 96 valence electrons. The van der Waals surface area contributed by atoms with Gasteiger partial charge in [-0.15, -0.1) is 0 Å². The van der Waals surface area contributed by atoms with Gasteiger partial charge in [0, 0.05) is 13.1 Å². The minimum absolute atomic E-state index is 0.102. The largest absolute Gasteiger partial charge is 0.387 e. The highest BCUT2D eigenvalue weighted by Gasteiger charge is 2.43. The first-order chi connectivity index (χ1) is 8.32. The lowest BCUT2D eigenvalue weighted by Gasteiger charge is -2.42. The average Bonchev–Trinajstić information content (AvgIpc) is 2.26. The molecule has 0 atom stereocenters. The molecule has 1 aliphatic heterocycles. The predicted octanol–water partition coefficient (Wildman–Crippen LogP) is 0.455. The first-order valence-corrected chi connectivity index (χ1v) is 7.13. The SMILES string of the molecule is CC1(O)CN(S(=O)(=O)Cc2ccc(C#N)cc2)C1. The first kappa shape index (κ1) is 13.0. The molecule has 0 aliphatic carbocycles. The standard InChI is InChI=1S/C12H14N2O3S/c1-12(15)8-14(9-12)18(16,17)7-11-4-2-10(6-13)3-5-11/h2-5,15H,7-9H2,1H3. The number of nitriles is 1. The zero-order valence-corrected chi connectivity index (χ0v) is 10.8. The van der Waals surface area contributed by atoms with E-state index in [0.29, 0.717) is 11.1 Å². The zero-order chi connectivity index (χ0) is 13.4. The van der Waals surface area contributed by atoms with E-state index in [0.717, 1.165) is 0 Å². The van der Waals surface area contributed by atoms with E-state index < -0.39 is 15.6 Å². The predicted molar refractivity (Wildman–Crippen MR) is 66.0 cm³/mol. The van der Waals surface area contributed by atoms with Crippen molar-refractivity contribution in [2.75, 3.05) is 13.1 Å². The molecule has 5 nitrogen and oxygen atoms in total. The van der Waals surface area contributed by atoms with Crippen LogP contribution in [0.5, 0.6) is 0 Å². The molecule has 18 heavy (non-hydrogen) atoms. The van der Waals surface area contributed by atoms with E-state index in [2.05, 4.69) is 0 Å². The lowest BCUT2D eigenvalue weighted by atomic mass is 10.0. The van der Waals surface area contributed by atoms with E-state index in [1.54, 1.807) is 31.2 Å². The molecule has 1 aromatic carbocycles. The molecule has 0 saturated carbocycles. The van der Waals surface area contributed by atoms with Crippen LogP contribution in [0.3, 0.4) is 0 Å². The second-order valence-electron chi connectivity index (χ2n) is 4.83. The van der Waals surface area contributed by atoms with E-state index in [-0.39, 0.29) is 18.8 Å². The van der Waals surface area contributed by atoms with Crippen LogP contribution in [0.25, 0.3) is 0 Å². The Morgan fingerprint density at radius 1 is 1.39 bits per heavy atom. The van der Waals surface area contributed by atoms with Crippen molar-refractivity contribution in [3.63, 3.8) is 0 Å². The summed E-state index contributed by atoms with van der Waals surface area (Å²) < 4.78 is 25.2. The van der Waals surface area contributed by atoms with Crippen molar-refractivity contribution in [1.29, 1.82) is 5.26 Å². The molecular weight excluding hydrogens is 252 g/mol. The number of rotatable bonds is 3. The van der Waals surface area contributed by atoms with Crippen molar-refractivity contribution >= 4 is 10.0 Å². The van der Waals surface area contributed by atoms with Crippen LogP contribution in [0, 0.1) is 11.3 Å². The summed E-state index contributed by atoms with van der Waals surface area (Å²) in [7, 11) is -3.38. The average molecular weight is 266 g/mol. The smallest absolute Gasteiger partial charge is 0.218 e. The Balaban J connectivity index is 2.07. The summed E-state index contributed by atoms with van der Waals surface area (Å²) in [6, 6.07) is 8.43. The van der Waals surface area contributed by atoms with Gasteiger partial charge in [-0.1, -0.05) is 12.1 Å². The van der Waals surface area contributed by atoms with Crippen molar-refractivity contribution in [2.45, 2.75) is 18.3 Å². The summed E-state index contributed by atoms with van der Waals surface area (Å²) >= 11 is 0. The Labute approximate surface area is 106 Å². The van der Waals surface area contributed by atoms with Gasteiger partial charge in [0.05, 0.1) is 23.0 Å². The zero-order valence-electron chi connectivity index (χ0n) is 10.00. The molecule has 0 unspecified atom stereocenters. The van der Waals surface area contributed by atoms with Gasteiger partial charge in [0.1, 0.15) is 0 Å². The van der Waals surface area contributed by atoms with E-state index >= 15 is 0 Å². The van der Waals surface area contributed by atoms with Gasteiger partial charge in [-0.25, -0.2) is 8.42 Å². The summed E-state index contributed by atoms with van der Waals surface area (Å²) in [5.74, 6) is -0.102. The lowest BCUT2D eigenvalue weighted by molar-refractivity contribution is -0.0427. The molecule has 0 bridgehead atoms. The van der Waals surface area contributed by atoms with E-state index in [4.69, 9.17) is 5.26 Å². The topological polar surface area (TPSA) is 81.4 Å². The van der Waals surface area contributed by atoms with Gasteiger partial charge in [-0.05, 0) is 24.6 Å². The molecule has 6 heteroatoms. The van der Waals surface area contributed by atoms with Crippen molar-refractivity contribution in [2.24, 2.45) is 0 Å². The fraction of sp³-hybridized carbons (Fsp3) is 0.417. The van der Waals surface area contributed by atoms with Gasteiger partial charge < -0.3 is 5.11 Å². The number of hydrogen-bond acceptors (Lipinski definition) is 4. The van der Waals surface area contributed by atoms with Gasteiger partial charge in [0.2, 0.25) is 10.0 Å². The molecule has 0 amide bonds. The number of β-amino-alcohol motifs (C(OH)–C–C–N with tert-alkyl or cyclic N) is 1. The third kappa shape index (κ3) is 2.70. The fourth-order valence-corrected chi connectivity index (χ4v) is 3.63. The molecule has 0 radical (unpaired) electrons. The minimum Gasteiger partial charge on any atom is -0.387 e. The maximum Gasteiger partial charge on any atom is 0.218 e. The molecule has 0 spiro atoms. The number of aliphatic hydroxyl groups is 1. The normalized spacial score (nSPS) is 18.9.